The van der Waals surface area contributed by atoms with E-state index in [9.17, 15) is 9.59 Å². The first-order chi connectivity index (χ1) is 5.27. The Morgan fingerprint density at radius 2 is 1.08 bits per heavy atom. The van der Waals surface area contributed by atoms with Crippen LogP contribution in [0.25, 0.3) is 0 Å². The van der Waals surface area contributed by atoms with E-state index in [2.05, 4.69) is 0 Å². The highest BCUT2D eigenvalue weighted by Crippen LogP contribution is 2.26. The topological polar surface area (TPSA) is 52.6 Å². The highest BCUT2D eigenvalue weighted by atomic mass is 17.2. The molecule has 4 nitrogen and oxygen atoms in total. The van der Waals surface area contributed by atoms with Gasteiger partial charge in [0.2, 0.25) is 11.6 Å². The van der Waals surface area contributed by atoms with Crippen molar-refractivity contribution in [2.45, 2.75) is 38.9 Å². The van der Waals surface area contributed by atoms with Crippen molar-refractivity contribution in [3.8, 4) is 0 Å². The summed E-state index contributed by atoms with van der Waals surface area (Å²) < 4.78 is 0. The van der Waals surface area contributed by atoms with Gasteiger partial charge < -0.3 is 0 Å². The molecule has 0 aliphatic carbocycles. The molecule has 0 radical (unpaired) electrons. The first-order valence-electron chi connectivity index (χ1n) is 3.73. The molecule has 0 saturated carbocycles. The molecule has 0 amide bonds. The number of carbonyl (C=O) groups is 2. The van der Waals surface area contributed by atoms with Gasteiger partial charge in [-0.15, -0.1) is 0 Å². The molecule has 1 heterocycles. The van der Waals surface area contributed by atoms with Crippen molar-refractivity contribution in [2.75, 3.05) is 0 Å². The molecule has 12 heavy (non-hydrogen) atoms. The predicted octanol–water partition coefficient (Wildman–Crippen LogP) is 0.644. The summed E-state index contributed by atoms with van der Waals surface area (Å²) in [5, 5.41) is 0. The fourth-order valence-electron chi connectivity index (χ4n) is 0.831. The highest BCUT2D eigenvalue weighted by Gasteiger charge is 2.49. The Bertz CT molecular complexity index is 213. The molecule has 1 saturated heterocycles. The van der Waals surface area contributed by atoms with E-state index in [1.54, 1.807) is 0 Å². The van der Waals surface area contributed by atoms with E-state index in [4.69, 9.17) is 9.78 Å². The van der Waals surface area contributed by atoms with E-state index in [1.165, 1.54) is 27.7 Å². The van der Waals surface area contributed by atoms with Gasteiger partial charge in [0.1, 0.15) is 0 Å². The Balaban J connectivity index is 2.96. The standard InChI is InChI=1S/C8H12O4/c1-7(2)5(9)6(10)8(3,4)12-11-7/h1-4H3. The fourth-order valence-corrected chi connectivity index (χ4v) is 0.831. The minimum Gasteiger partial charge on any atom is -0.287 e. The summed E-state index contributed by atoms with van der Waals surface area (Å²) in [7, 11) is 0. The maximum atomic E-state index is 11.3. The normalized spacial score (nSPS) is 27.3. The van der Waals surface area contributed by atoms with Crippen LogP contribution < -0.4 is 0 Å². The zero-order chi connectivity index (χ0) is 9.57. The van der Waals surface area contributed by atoms with Gasteiger partial charge in [0.25, 0.3) is 0 Å². The summed E-state index contributed by atoms with van der Waals surface area (Å²) in [4.78, 5) is 32.2. The Kier molecular flexibility index (Phi) is 1.85. The fraction of sp³-hybridized carbons (Fsp3) is 0.750. The van der Waals surface area contributed by atoms with Gasteiger partial charge in [0.15, 0.2) is 11.2 Å². The monoisotopic (exact) mass is 172 g/mol. The number of Topliss-reactive ketones (excluding diaryl/α,β-unsaturated/α-hetero) is 2. The maximum Gasteiger partial charge on any atom is 0.236 e. The Morgan fingerprint density at radius 1 is 0.833 bits per heavy atom. The van der Waals surface area contributed by atoms with Crippen LogP contribution in [0.2, 0.25) is 0 Å². The highest BCUT2D eigenvalue weighted by molar-refractivity contribution is 6.43. The SMILES string of the molecule is CC1(C)OOC(C)(C)C(=O)C1=O. The van der Waals surface area contributed by atoms with E-state index < -0.39 is 22.8 Å². The van der Waals surface area contributed by atoms with Crippen LogP contribution in [0.15, 0.2) is 0 Å². The average molecular weight is 172 g/mol. The molecule has 0 unspecified atom stereocenters. The summed E-state index contributed by atoms with van der Waals surface area (Å²) in [6.07, 6.45) is 0. The zero-order valence-electron chi connectivity index (χ0n) is 7.63. The van der Waals surface area contributed by atoms with Gasteiger partial charge in [0, 0.05) is 0 Å². The van der Waals surface area contributed by atoms with Crippen molar-refractivity contribution in [2.24, 2.45) is 0 Å². The number of ketones is 2. The summed E-state index contributed by atoms with van der Waals surface area (Å²) >= 11 is 0. The lowest BCUT2D eigenvalue weighted by Crippen LogP contribution is -2.55. The quantitative estimate of drug-likeness (QED) is 0.397. The van der Waals surface area contributed by atoms with Crippen molar-refractivity contribution in [1.82, 2.24) is 0 Å². The Hall–Kier alpha value is -0.740. The molecule has 0 spiro atoms. The molecule has 0 aromatic carbocycles. The van der Waals surface area contributed by atoms with Gasteiger partial charge >= 0.3 is 0 Å². The third-order valence-corrected chi connectivity index (χ3v) is 1.76. The zero-order valence-corrected chi connectivity index (χ0v) is 7.63. The lowest BCUT2D eigenvalue weighted by Gasteiger charge is -2.34. The lowest BCUT2D eigenvalue weighted by atomic mass is 9.90. The second kappa shape index (κ2) is 2.37. The largest absolute Gasteiger partial charge is 0.287 e. The minimum atomic E-state index is -1.15. The molecule has 0 bridgehead atoms. The van der Waals surface area contributed by atoms with Gasteiger partial charge in [-0.1, -0.05) is 0 Å². The molecule has 0 atom stereocenters. The van der Waals surface area contributed by atoms with Crippen molar-refractivity contribution >= 4 is 11.6 Å². The van der Waals surface area contributed by atoms with Crippen molar-refractivity contribution in [1.29, 1.82) is 0 Å². The molecule has 1 fully saturated rings. The smallest absolute Gasteiger partial charge is 0.236 e. The van der Waals surface area contributed by atoms with E-state index in [0.717, 1.165) is 0 Å². The summed E-state index contributed by atoms with van der Waals surface area (Å²) in [6, 6.07) is 0. The molecule has 1 aliphatic rings. The molecule has 0 N–H and O–H groups in total. The molecular formula is C8H12O4. The van der Waals surface area contributed by atoms with Gasteiger partial charge in [-0.2, -0.15) is 0 Å². The first-order valence-corrected chi connectivity index (χ1v) is 3.73. The minimum absolute atomic E-state index is 0.543. The van der Waals surface area contributed by atoms with Crippen molar-refractivity contribution in [3.63, 3.8) is 0 Å². The Morgan fingerprint density at radius 3 is 1.33 bits per heavy atom. The Labute approximate surface area is 70.8 Å². The van der Waals surface area contributed by atoms with Crippen LogP contribution in [0.1, 0.15) is 27.7 Å². The number of hydrogen-bond acceptors (Lipinski definition) is 4. The third kappa shape index (κ3) is 1.28. The molecule has 0 aromatic rings. The van der Waals surface area contributed by atoms with Crippen LogP contribution >= 0.6 is 0 Å². The lowest BCUT2D eigenvalue weighted by molar-refractivity contribution is -0.389. The molecule has 1 aliphatic heterocycles. The summed E-state index contributed by atoms with van der Waals surface area (Å²) in [5.41, 5.74) is -2.29. The predicted molar refractivity (Wildman–Crippen MR) is 40.3 cm³/mol. The maximum absolute atomic E-state index is 11.3. The number of carbonyl (C=O) groups excluding carboxylic acids is 2. The van der Waals surface area contributed by atoms with Gasteiger partial charge in [-0.25, -0.2) is 9.78 Å². The van der Waals surface area contributed by atoms with Gasteiger partial charge in [-0.05, 0) is 27.7 Å². The second-order valence-electron chi connectivity index (χ2n) is 3.85. The van der Waals surface area contributed by atoms with Crippen LogP contribution in [0, 0.1) is 0 Å². The van der Waals surface area contributed by atoms with E-state index in [-0.39, 0.29) is 0 Å². The molecule has 0 aromatic heterocycles. The van der Waals surface area contributed by atoms with Crippen LogP contribution in [-0.4, -0.2) is 22.8 Å². The summed E-state index contributed by atoms with van der Waals surface area (Å²) in [6.45, 7) is 6.01. The van der Waals surface area contributed by atoms with Crippen molar-refractivity contribution < 1.29 is 19.4 Å². The molecule has 68 valence electrons. The van der Waals surface area contributed by atoms with Gasteiger partial charge in [0.05, 0.1) is 0 Å². The second-order valence-corrected chi connectivity index (χ2v) is 3.85. The van der Waals surface area contributed by atoms with Crippen LogP contribution in [-0.2, 0) is 19.4 Å². The molecule has 1 rings (SSSR count). The average Bonchev–Trinajstić information content (AvgIpc) is 1.96. The first kappa shape index (κ1) is 9.35. The van der Waals surface area contributed by atoms with E-state index in [1.807, 2.05) is 0 Å². The van der Waals surface area contributed by atoms with E-state index >= 15 is 0 Å². The third-order valence-electron chi connectivity index (χ3n) is 1.76. The van der Waals surface area contributed by atoms with Crippen LogP contribution in [0.4, 0.5) is 0 Å². The van der Waals surface area contributed by atoms with Crippen molar-refractivity contribution in [3.05, 3.63) is 0 Å². The van der Waals surface area contributed by atoms with Crippen LogP contribution in [0.5, 0.6) is 0 Å². The van der Waals surface area contributed by atoms with Crippen LogP contribution in [0.3, 0.4) is 0 Å². The summed E-state index contributed by atoms with van der Waals surface area (Å²) in [5.74, 6) is -1.09. The van der Waals surface area contributed by atoms with E-state index in [0.29, 0.717) is 0 Å². The number of hydrogen-bond donors (Lipinski definition) is 0. The number of rotatable bonds is 0. The molecular weight excluding hydrogens is 160 g/mol. The van der Waals surface area contributed by atoms with Gasteiger partial charge in [-0.3, -0.25) is 9.59 Å². The molecule has 4 heteroatoms.